The summed E-state index contributed by atoms with van der Waals surface area (Å²) >= 11 is 5.99. The number of rotatable bonds is 5. The molecule has 0 amide bonds. The molecule has 1 heterocycles. The van der Waals surface area contributed by atoms with Crippen molar-refractivity contribution in [3.63, 3.8) is 0 Å². The van der Waals surface area contributed by atoms with Crippen LogP contribution in [0.1, 0.15) is 13.8 Å². The molecule has 17 heavy (non-hydrogen) atoms. The second-order valence-electron chi connectivity index (χ2n) is 4.73. The Balaban J connectivity index is 2.04. The van der Waals surface area contributed by atoms with Crippen molar-refractivity contribution in [3.05, 3.63) is 23.2 Å². The van der Waals surface area contributed by atoms with Gasteiger partial charge in [-0.05, 0) is 25.1 Å². The van der Waals surface area contributed by atoms with Crippen LogP contribution in [0.3, 0.4) is 0 Å². The van der Waals surface area contributed by atoms with Crippen molar-refractivity contribution < 1.29 is 9.47 Å². The molecule has 1 saturated heterocycles. The highest BCUT2D eigenvalue weighted by Crippen LogP contribution is 2.31. The SMILES string of the molecule is CCOc1ccc(Cl)cc1NCC1(C)COC1. The fourth-order valence-electron chi connectivity index (χ4n) is 1.78. The van der Waals surface area contributed by atoms with Crippen LogP contribution in [0.4, 0.5) is 5.69 Å². The van der Waals surface area contributed by atoms with Gasteiger partial charge < -0.3 is 14.8 Å². The van der Waals surface area contributed by atoms with Crippen LogP contribution in [0.25, 0.3) is 0 Å². The summed E-state index contributed by atoms with van der Waals surface area (Å²) in [5, 5.41) is 4.11. The van der Waals surface area contributed by atoms with E-state index in [-0.39, 0.29) is 5.41 Å². The molecule has 1 aliphatic rings. The first kappa shape index (κ1) is 12.5. The number of anilines is 1. The molecule has 1 aromatic rings. The van der Waals surface area contributed by atoms with Gasteiger partial charge in [-0.3, -0.25) is 0 Å². The van der Waals surface area contributed by atoms with E-state index < -0.39 is 0 Å². The molecule has 0 spiro atoms. The maximum atomic E-state index is 5.99. The van der Waals surface area contributed by atoms with Gasteiger partial charge in [-0.25, -0.2) is 0 Å². The van der Waals surface area contributed by atoms with E-state index >= 15 is 0 Å². The molecule has 4 heteroatoms. The van der Waals surface area contributed by atoms with E-state index in [9.17, 15) is 0 Å². The zero-order valence-corrected chi connectivity index (χ0v) is 11.0. The van der Waals surface area contributed by atoms with E-state index in [0.29, 0.717) is 11.6 Å². The van der Waals surface area contributed by atoms with Gasteiger partial charge in [0.15, 0.2) is 0 Å². The Morgan fingerprint density at radius 3 is 2.82 bits per heavy atom. The van der Waals surface area contributed by atoms with Crippen LogP contribution in [-0.4, -0.2) is 26.4 Å². The van der Waals surface area contributed by atoms with Crippen molar-refractivity contribution in [2.24, 2.45) is 5.41 Å². The summed E-state index contributed by atoms with van der Waals surface area (Å²) < 4.78 is 10.8. The minimum absolute atomic E-state index is 0.228. The van der Waals surface area contributed by atoms with Crippen molar-refractivity contribution >= 4 is 17.3 Å². The molecule has 94 valence electrons. The first-order chi connectivity index (χ1) is 8.13. The summed E-state index contributed by atoms with van der Waals surface area (Å²) in [5.74, 6) is 0.848. The fourth-order valence-corrected chi connectivity index (χ4v) is 1.96. The lowest BCUT2D eigenvalue weighted by Gasteiger charge is -2.38. The van der Waals surface area contributed by atoms with Gasteiger partial charge in [0.25, 0.3) is 0 Å². The van der Waals surface area contributed by atoms with Crippen molar-refractivity contribution in [2.45, 2.75) is 13.8 Å². The highest BCUT2D eigenvalue weighted by atomic mass is 35.5. The summed E-state index contributed by atoms with van der Waals surface area (Å²) in [6.07, 6.45) is 0. The Kier molecular flexibility index (Phi) is 3.79. The van der Waals surface area contributed by atoms with E-state index in [1.54, 1.807) is 0 Å². The van der Waals surface area contributed by atoms with E-state index in [0.717, 1.165) is 31.2 Å². The van der Waals surface area contributed by atoms with Crippen LogP contribution >= 0.6 is 11.6 Å². The fraction of sp³-hybridized carbons (Fsp3) is 0.538. The van der Waals surface area contributed by atoms with Crippen molar-refractivity contribution in [2.75, 3.05) is 31.7 Å². The summed E-state index contributed by atoms with van der Waals surface area (Å²) in [6.45, 7) is 7.31. The Bertz CT molecular complexity index is 391. The predicted octanol–water partition coefficient (Wildman–Crippen LogP) is 3.19. The minimum Gasteiger partial charge on any atom is -0.492 e. The topological polar surface area (TPSA) is 30.5 Å². The molecule has 0 aromatic heterocycles. The molecule has 0 aliphatic carbocycles. The highest BCUT2D eigenvalue weighted by Gasteiger charge is 2.33. The van der Waals surface area contributed by atoms with Gasteiger partial charge in [-0.1, -0.05) is 18.5 Å². The van der Waals surface area contributed by atoms with Crippen molar-refractivity contribution in [1.29, 1.82) is 0 Å². The molecule has 1 fully saturated rings. The average Bonchev–Trinajstić information content (AvgIpc) is 2.27. The van der Waals surface area contributed by atoms with E-state index in [1.807, 2.05) is 25.1 Å². The van der Waals surface area contributed by atoms with Gasteiger partial charge in [0, 0.05) is 17.0 Å². The first-order valence-corrected chi connectivity index (χ1v) is 6.25. The summed E-state index contributed by atoms with van der Waals surface area (Å²) in [6, 6.07) is 5.63. The van der Waals surface area contributed by atoms with Gasteiger partial charge in [-0.15, -0.1) is 0 Å². The van der Waals surface area contributed by atoms with Crippen molar-refractivity contribution in [1.82, 2.24) is 0 Å². The maximum Gasteiger partial charge on any atom is 0.142 e. The standard InChI is InChI=1S/C13H18ClNO2/c1-3-17-12-5-4-10(14)6-11(12)15-7-13(2)8-16-9-13/h4-6,15H,3,7-9H2,1-2H3. The third-order valence-electron chi connectivity index (χ3n) is 2.85. The molecule has 1 N–H and O–H groups in total. The second kappa shape index (κ2) is 5.15. The lowest BCUT2D eigenvalue weighted by Crippen LogP contribution is -2.45. The number of hydrogen-bond donors (Lipinski definition) is 1. The first-order valence-electron chi connectivity index (χ1n) is 5.87. The Labute approximate surface area is 107 Å². The predicted molar refractivity (Wildman–Crippen MR) is 70.0 cm³/mol. The Morgan fingerprint density at radius 1 is 1.47 bits per heavy atom. The van der Waals surface area contributed by atoms with Gasteiger partial charge in [0.1, 0.15) is 5.75 Å². The van der Waals surface area contributed by atoms with Crippen LogP contribution in [0, 0.1) is 5.41 Å². The second-order valence-corrected chi connectivity index (χ2v) is 5.17. The monoisotopic (exact) mass is 255 g/mol. The number of hydrogen-bond acceptors (Lipinski definition) is 3. The largest absolute Gasteiger partial charge is 0.492 e. The van der Waals surface area contributed by atoms with Gasteiger partial charge in [-0.2, -0.15) is 0 Å². The molecule has 0 atom stereocenters. The number of nitrogens with one attached hydrogen (secondary N) is 1. The molecular weight excluding hydrogens is 238 g/mol. The summed E-state index contributed by atoms with van der Waals surface area (Å²) in [7, 11) is 0. The molecule has 1 aliphatic heterocycles. The zero-order chi connectivity index (χ0) is 12.3. The van der Waals surface area contributed by atoms with Crippen LogP contribution in [0.5, 0.6) is 5.75 Å². The lowest BCUT2D eigenvalue weighted by molar-refractivity contribution is -0.0924. The zero-order valence-electron chi connectivity index (χ0n) is 10.3. The Morgan fingerprint density at radius 2 is 2.24 bits per heavy atom. The van der Waals surface area contributed by atoms with Crippen LogP contribution in [-0.2, 0) is 4.74 Å². The molecule has 0 bridgehead atoms. The van der Waals surface area contributed by atoms with E-state index in [2.05, 4.69) is 12.2 Å². The smallest absolute Gasteiger partial charge is 0.142 e. The summed E-state index contributed by atoms with van der Waals surface area (Å²) in [5.41, 5.74) is 1.18. The van der Waals surface area contributed by atoms with E-state index in [1.165, 1.54) is 0 Å². The third-order valence-corrected chi connectivity index (χ3v) is 3.08. The van der Waals surface area contributed by atoms with Gasteiger partial charge >= 0.3 is 0 Å². The molecular formula is C13H18ClNO2. The number of ether oxygens (including phenoxy) is 2. The van der Waals surface area contributed by atoms with E-state index in [4.69, 9.17) is 21.1 Å². The minimum atomic E-state index is 0.228. The highest BCUT2D eigenvalue weighted by molar-refractivity contribution is 6.30. The molecule has 0 saturated carbocycles. The number of benzene rings is 1. The molecule has 0 unspecified atom stereocenters. The quantitative estimate of drug-likeness (QED) is 0.877. The van der Waals surface area contributed by atoms with Crippen LogP contribution in [0.2, 0.25) is 5.02 Å². The average molecular weight is 256 g/mol. The molecule has 3 nitrogen and oxygen atoms in total. The maximum absolute atomic E-state index is 5.99. The normalized spacial score (nSPS) is 17.4. The Hall–Kier alpha value is -0.930. The van der Waals surface area contributed by atoms with Crippen LogP contribution < -0.4 is 10.1 Å². The van der Waals surface area contributed by atoms with Gasteiger partial charge in [0.2, 0.25) is 0 Å². The molecule has 1 aromatic carbocycles. The van der Waals surface area contributed by atoms with Gasteiger partial charge in [0.05, 0.1) is 25.5 Å². The number of halogens is 1. The molecule has 0 radical (unpaired) electrons. The summed E-state index contributed by atoms with van der Waals surface area (Å²) in [4.78, 5) is 0. The van der Waals surface area contributed by atoms with Crippen LogP contribution in [0.15, 0.2) is 18.2 Å². The lowest BCUT2D eigenvalue weighted by atomic mass is 9.88. The van der Waals surface area contributed by atoms with Crippen molar-refractivity contribution in [3.8, 4) is 5.75 Å². The third kappa shape index (κ3) is 3.05. The molecule has 2 rings (SSSR count).